The molecule has 0 radical (unpaired) electrons. The van der Waals surface area contributed by atoms with E-state index in [1.165, 1.54) is 0 Å². The van der Waals surface area contributed by atoms with Crippen molar-refractivity contribution in [3.05, 3.63) is 52.0 Å². The fraction of sp³-hybridized carbons (Fsp3) is 0.458. The van der Waals surface area contributed by atoms with Crippen LogP contribution in [0.3, 0.4) is 0 Å². The van der Waals surface area contributed by atoms with E-state index in [1.54, 1.807) is 6.07 Å². The third-order valence-corrected chi connectivity index (χ3v) is 7.74. The fourth-order valence-electron chi connectivity index (χ4n) is 4.97. The van der Waals surface area contributed by atoms with Crippen LogP contribution in [0.2, 0.25) is 10.0 Å². The molecule has 3 heterocycles. The second-order valence-electron chi connectivity index (χ2n) is 9.25. The van der Waals surface area contributed by atoms with E-state index in [0.29, 0.717) is 23.1 Å². The molecule has 3 atom stereocenters. The Morgan fingerprint density at radius 2 is 2.09 bits per heavy atom. The molecule has 2 N–H and O–H groups in total. The first kappa shape index (κ1) is 23.5. The lowest BCUT2D eigenvalue weighted by Gasteiger charge is -2.48. The largest absolute Gasteiger partial charge is 0.395 e. The van der Waals surface area contributed by atoms with Crippen molar-refractivity contribution in [2.24, 2.45) is 0 Å². The van der Waals surface area contributed by atoms with Gasteiger partial charge in [0.2, 0.25) is 0 Å². The third-order valence-electron chi connectivity index (χ3n) is 7.17. The summed E-state index contributed by atoms with van der Waals surface area (Å²) in [4.78, 5) is 16.1. The molecule has 2 aliphatic heterocycles. The molecule has 2 saturated heterocycles. The Hall–Kier alpha value is -2.23. The van der Waals surface area contributed by atoms with Crippen molar-refractivity contribution in [2.75, 3.05) is 44.2 Å². The molecule has 8 nitrogen and oxygen atoms in total. The van der Waals surface area contributed by atoms with Gasteiger partial charge in [-0.15, -0.1) is 5.10 Å². The van der Waals surface area contributed by atoms with E-state index in [2.05, 4.69) is 31.5 Å². The van der Waals surface area contributed by atoms with Crippen molar-refractivity contribution < 1.29 is 9.90 Å². The maximum absolute atomic E-state index is 11.6. The van der Waals surface area contributed by atoms with Gasteiger partial charge in [-0.1, -0.05) is 34.5 Å². The molecule has 10 heteroatoms. The van der Waals surface area contributed by atoms with Gasteiger partial charge in [0.05, 0.1) is 29.7 Å². The van der Waals surface area contributed by atoms with E-state index in [9.17, 15) is 9.90 Å². The van der Waals surface area contributed by atoms with Crippen LogP contribution in [0.15, 0.2) is 36.4 Å². The molecule has 0 amide bonds. The minimum Gasteiger partial charge on any atom is -0.395 e. The Morgan fingerprint density at radius 3 is 2.76 bits per heavy atom. The molecule has 0 spiro atoms. The monoisotopic (exact) mass is 502 g/mol. The van der Waals surface area contributed by atoms with E-state index < -0.39 is 5.54 Å². The quantitative estimate of drug-likeness (QED) is 0.480. The van der Waals surface area contributed by atoms with Gasteiger partial charge in [-0.3, -0.25) is 4.90 Å². The second-order valence-corrected chi connectivity index (χ2v) is 10.1. The highest BCUT2D eigenvalue weighted by Gasteiger charge is 2.40. The summed E-state index contributed by atoms with van der Waals surface area (Å²) in [5.74, 6) is 0. The number of fused-ring (bicyclic) bond motifs is 1. The van der Waals surface area contributed by atoms with Crippen molar-refractivity contribution in [2.45, 2.75) is 31.0 Å². The molecule has 180 valence electrons. The summed E-state index contributed by atoms with van der Waals surface area (Å²) in [6, 6.07) is 11.4. The Bertz CT molecular complexity index is 1200. The number of nitrogens with zero attached hydrogens (tertiary/aromatic N) is 5. The average Bonchev–Trinajstić information content (AvgIpc) is 3.24. The van der Waals surface area contributed by atoms with E-state index in [0.717, 1.165) is 54.6 Å². The number of aromatic nitrogens is 3. The zero-order valence-electron chi connectivity index (χ0n) is 19.0. The average molecular weight is 503 g/mol. The summed E-state index contributed by atoms with van der Waals surface area (Å²) in [7, 11) is 0. The topological polar surface area (TPSA) is 86.5 Å². The SMILES string of the molecule is C[C@H](c1ccc(Cl)cc1Cl)n1nnc2ccc(N3CCN(CC4(C=O)CCN4)[C@H](CO)C3)cc21. The van der Waals surface area contributed by atoms with E-state index in [1.807, 2.05) is 35.9 Å². The van der Waals surface area contributed by atoms with Gasteiger partial charge in [0, 0.05) is 41.9 Å². The Morgan fingerprint density at radius 1 is 1.26 bits per heavy atom. The van der Waals surface area contributed by atoms with Crippen molar-refractivity contribution in [1.82, 2.24) is 25.2 Å². The number of aliphatic hydroxyl groups is 1. The summed E-state index contributed by atoms with van der Waals surface area (Å²) < 4.78 is 1.88. The number of hydrogen-bond acceptors (Lipinski definition) is 7. The van der Waals surface area contributed by atoms with Crippen LogP contribution in [0.1, 0.15) is 24.9 Å². The molecule has 2 aliphatic rings. The van der Waals surface area contributed by atoms with Gasteiger partial charge in [-0.05, 0) is 55.8 Å². The number of benzene rings is 2. The lowest BCUT2D eigenvalue weighted by atomic mass is 9.88. The van der Waals surface area contributed by atoms with Crippen molar-refractivity contribution in [3.8, 4) is 0 Å². The fourth-order valence-corrected chi connectivity index (χ4v) is 5.54. The van der Waals surface area contributed by atoms with Gasteiger partial charge < -0.3 is 20.1 Å². The van der Waals surface area contributed by atoms with Crippen LogP contribution in [0, 0.1) is 0 Å². The summed E-state index contributed by atoms with van der Waals surface area (Å²) >= 11 is 12.5. The number of hydrogen-bond donors (Lipinski definition) is 2. The predicted molar refractivity (Wildman–Crippen MR) is 134 cm³/mol. The van der Waals surface area contributed by atoms with Gasteiger partial charge in [0.15, 0.2) is 0 Å². The Labute approximate surface area is 208 Å². The minimum absolute atomic E-state index is 0.0409. The van der Waals surface area contributed by atoms with E-state index >= 15 is 0 Å². The van der Waals surface area contributed by atoms with Crippen LogP contribution in [0.5, 0.6) is 0 Å². The van der Waals surface area contributed by atoms with E-state index in [-0.39, 0.29) is 18.7 Å². The lowest BCUT2D eigenvalue weighted by molar-refractivity contribution is -0.117. The zero-order valence-corrected chi connectivity index (χ0v) is 20.5. The van der Waals surface area contributed by atoms with Gasteiger partial charge >= 0.3 is 0 Å². The molecule has 1 unspecified atom stereocenters. The standard InChI is InChI=1S/C24H28Cl2N6O2/c1-16(20-4-2-17(25)10-21(20)26)32-23-11-18(3-5-22(23)28-29-32)30-8-9-31(19(12-30)13-33)14-24(15-34)6-7-27-24/h2-5,10-11,15-16,19,27,33H,6-9,12-14H2,1H3/t16-,19+,24?/m1/s1. The zero-order chi connectivity index (χ0) is 23.9. The summed E-state index contributed by atoms with van der Waals surface area (Å²) in [5.41, 5.74) is 3.23. The number of carbonyl (C=O) groups excluding carboxylic acids is 1. The Balaban J connectivity index is 1.38. The van der Waals surface area contributed by atoms with Gasteiger partial charge in [0.1, 0.15) is 11.8 Å². The first-order valence-electron chi connectivity index (χ1n) is 11.5. The van der Waals surface area contributed by atoms with Crippen molar-refractivity contribution >= 4 is 46.2 Å². The molecule has 0 bridgehead atoms. The minimum atomic E-state index is -0.467. The van der Waals surface area contributed by atoms with Crippen LogP contribution < -0.4 is 10.2 Å². The highest BCUT2D eigenvalue weighted by atomic mass is 35.5. The number of piperazine rings is 1. The maximum atomic E-state index is 11.6. The van der Waals surface area contributed by atoms with Gasteiger partial charge in [0.25, 0.3) is 0 Å². The molecule has 3 aromatic rings. The molecular formula is C24H28Cl2N6O2. The molecule has 5 rings (SSSR count). The summed E-state index contributed by atoms with van der Waals surface area (Å²) in [6.07, 6.45) is 1.87. The van der Waals surface area contributed by atoms with Crippen LogP contribution >= 0.6 is 23.2 Å². The van der Waals surface area contributed by atoms with Crippen molar-refractivity contribution in [3.63, 3.8) is 0 Å². The first-order chi connectivity index (χ1) is 16.4. The third kappa shape index (κ3) is 4.29. The van der Waals surface area contributed by atoms with Crippen LogP contribution in [-0.2, 0) is 4.79 Å². The van der Waals surface area contributed by atoms with Crippen LogP contribution in [0.4, 0.5) is 5.69 Å². The van der Waals surface area contributed by atoms with Crippen LogP contribution in [0.25, 0.3) is 11.0 Å². The summed E-state index contributed by atoms with van der Waals surface area (Å²) in [6.45, 7) is 5.82. The number of rotatable bonds is 7. The number of nitrogens with one attached hydrogen (secondary N) is 1. The highest BCUT2D eigenvalue weighted by Crippen LogP contribution is 2.31. The second kappa shape index (κ2) is 9.43. The Kier molecular flexibility index (Phi) is 6.52. The number of carbonyl (C=O) groups is 1. The lowest BCUT2D eigenvalue weighted by Crippen LogP contribution is -2.67. The first-order valence-corrected chi connectivity index (χ1v) is 12.3. The molecule has 0 aliphatic carbocycles. The number of aliphatic hydroxyl groups excluding tert-OH is 1. The smallest absolute Gasteiger partial charge is 0.141 e. The number of aldehydes is 1. The van der Waals surface area contributed by atoms with Gasteiger partial charge in [-0.25, -0.2) is 4.68 Å². The van der Waals surface area contributed by atoms with E-state index in [4.69, 9.17) is 23.2 Å². The predicted octanol–water partition coefficient (Wildman–Crippen LogP) is 2.76. The maximum Gasteiger partial charge on any atom is 0.141 e. The van der Waals surface area contributed by atoms with Gasteiger partial charge in [-0.2, -0.15) is 0 Å². The molecular weight excluding hydrogens is 475 g/mol. The van der Waals surface area contributed by atoms with Crippen LogP contribution in [-0.4, -0.2) is 82.2 Å². The molecule has 2 aromatic carbocycles. The normalized spacial score (nSPS) is 24.2. The molecule has 0 saturated carbocycles. The highest BCUT2D eigenvalue weighted by molar-refractivity contribution is 6.35. The van der Waals surface area contributed by atoms with Crippen molar-refractivity contribution in [1.29, 1.82) is 0 Å². The number of halogens is 2. The number of anilines is 1. The summed E-state index contributed by atoms with van der Waals surface area (Å²) in [5, 5.41) is 23.3. The molecule has 2 fully saturated rings. The molecule has 34 heavy (non-hydrogen) atoms. The molecule has 1 aromatic heterocycles.